The number of hydrogen-bond acceptors (Lipinski definition) is 6. The van der Waals surface area contributed by atoms with Gasteiger partial charge in [-0.2, -0.15) is 0 Å². The molecule has 1 rings (SSSR count). The quantitative estimate of drug-likeness (QED) is 0.764. The maximum atomic E-state index is 12.3. The van der Waals surface area contributed by atoms with Gasteiger partial charge in [0.1, 0.15) is 0 Å². The number of anilines is 1. The lowest BCUT2D eigenvalue weighted by molar-refractivity contribution is -0.134. The number of nitrogen functional groups attached to an aromatic ring is 1. The van der Waals surface area contributed by atoms with E-state index in [1.807, 2.05) is 12.3 Å². The summed E-state index contributed by atoms with van der Waals surface area (Å²) >= 11 is 1.34. The Hall–Kier alpha value is -1.18. The summed E-state index contributed by atoms with van der Waals surface area (Å²) in [6.07, 6.45) is 0.255. The van der Waals surface area contributed by atoms with Crippen molar-refractivity contribution < 1.29 is 14.3 Å². The van der Waals surface area contributed by atoms with Crippen molar-refractivity contribution in [1.82, 2.24) is 9.88 Å². The smallest absolute Gasteiger partial charge is 0.229 e. The maximum Gasteiger partial charge on any atom is 0.229 e. The molecule has 0 aliphatic heterocycles. The fraction of sp³-hybridized carbons (Fsp3) is 0.667. The Morgan fingerprint density at radius 2 is 2.26 bits per heavy atom. The number of ether oxygens (including phenoxy) is 2. The van der Waals surface area contributed by atoms with E-state index < -0.39 is 0 Å². The summed E-state index contributed by atoms with van der Waals surface area (Å²) in [5, 5.41) is 2.29. The number of aromatic nitrogens is 1. The molecule has 1 atom stereocenters. The van der Waals surface area contributed by atoms with E-state index in [0.717, 1.165) is 0 Å². The number of nitrogens with zero attached hydrogens (tertiary/aromatic N) is 2. The first kappa shape index (κ1) is 15.9. The zero-order chi connectivity index (χ0) is 14.3. The molecule has 0 bridgehead atoms. The first-order valence-corrected chi connectivity index (χ1v) is 6.93. The second-order valence-electron chi connectivity index (χ2n) is 4.24. The van der Waals surface area contributed by atoms with Gasteiger partial charge in [0, 0.05) is 26.1 Å². The maximum absolute atomic E-state index is 12.3. The Bertz CT molecular complexity index is 397. The van der Waals surface area contributed by atoms with E-state index in [0.29, 0.717) is 30.6 Å². The van der Waals surface area contributed by atoms with E-state index >= 15 is 0 Å². The monoisotopic (exact) mass is 287 g/mol. The number of methoxy groups -OCH3 is 2. The highest BCUT2D eigenvalue weighted by atomic mass is 32.1. The van der Waals surface area contributed by atoms with Crippen LogP contribution in [0.2, 0.25) is 0 Å². The highest BCUT2D eigenvalue weighted by Gasteiger charge is 2.20. The zero-order valence-corrected chi connectivity index (χ0v) is 12.4. The molecule has 0 spiro atoms. The lowest BCUT2D eigenvalue weighted by Gasteiger charge is -2.28. The van der Waals surface area contributed by atoms with Gasteiger partial charge >= 0.3 is 0 Å². The van der Waals surface area contributed by atoms with Crippen LogP contribution in [0.25, 0.3) is 0 Å². The van der Waals surface area contributed by atoms with Gasteiger partial charge in [-0.05, 0) is 6.92 Å². The van der Waals surface area contributed by atoms with Crippen molar-refractivity contribution >= 4 is 22.4 Å². The minimum atomic E-state index is 0.00336. The Kier molecular flexibility index (Phi) is 6.75. The Balaban J connectivity index is 2.64. The molecule has 108 valence electrons. The minimum Gasteiger partial charge on any atom is -0.383 e. The molecule has 0 aliphatic carbocycles. The molecule has 1 aromatic heterocycles. The van der Waals surface area contributed by atoms with Gasteiger partial charge in [-0.1, -0.05) is 0 Å². The molecule has 2 N–H and O–H groups in total. The second-order valence-corrected chi connectivity index (χ2v) is 5.13. The first-order chi connectivity index (χ1) is 9.08. The average molecular weight is 287 g/mol. The normalized spacial score (nSPS) is 12.4. The first-order valence-electron chi connectivity index (χ1n) is 6.05. The van der Waals surface area contributed by atoms with Crippen LogP contribution in [0.1, 0.15) is 12.6 Å². The third-order valence-electron chi connectivity index (χ3n) is 2.70. The van der Waals surface area contributed by atoms with Gasteiger partial charge in [0.15, 0.2) is 5.13 Å². The third kappa shape index (κ3) is 5.14. The highest BCUT2D eigenvalue weighted by molar-refractivity contribution is 7.13. The fourth-order valence-corrected chi connectivity index (χ4v) is 2.33. The number of rotatable bonds is 8. The molecule has 1 aromatic rings. The molecule has 7 heteroatoms. The van der Waals surface area contributed by atoms with Gasteiger partial charge in [0.2, 0.25) is 5.91 Å². The Labute approximate surface area is 117 Å². The van der Waals surface area contributed by atoms with Crippen LogP contribution in [-0.2, 0) is 20.7 Å². The zero-order valence-electron chi connectivity index (χ0n) is 11.6. The predicted molar refractivity (Wildman–Crippen MR) is 75.2 cm³/mol. The van der Waals surface area contributed by atoms with E-state index in [2.05, 4.69) is 4.98 Å². The molecule has 1 heterocycles. The number of thiazole rings is 1. The van der Waals surface area contributed by atoms with Crippen LogP contribution >= 0.6 is 11.3 Å². The van der Waals surface area contributed by atoms with E-state index in [1.54, 1.807) is 19.1 Å². The second kappa shape index (κ2) is 8.08. The lowest BCUT2D eigenvalue weighted by Crippen LogP contribution is -2.43. The molecule has 0 fully saturated rings. The van der Waals surface area contributed by atoms with Crippen LogP contribution < -0.4 is 5.73 Å². The Morgan fingerprint density at radius 3 is 2.79 bits per heavy atom. The number of nitrogens with two attached hydrogens (primary N) is 1. The van der Waals surface area contributed by atoms with Crippen LogP contribution in [0.15, 0.2) is 5.38 Å². The topological polar surface area (TPSA) is 77.7 Å². The summed E-state index contributed by atoms with van der Waals surface area (Å²) in [6.45, 7) is 3.49. The fourth-order valence-electron chi connectivity index (χ4n) is 1.77. The summed E-state index contributed by atoms with van der Waals surface area (Å²) < 4.78 is 10.1. The molecular weight excluding hydrogens is 266 g/mol. The molecule has 1 unspecified atom stereocenters. The van der Waals surface area contributed by atoms with Crippen LogP contribution in [0.4, 0.5) is 5.13 Å². The summed E-state index contributed by atoms with van der Waals surface area (Å²) in [6, 6.07) is 0.00336. The van der Waals surface area contributed by atoms with Crippen LogP contribution in [0, 0.1) is 0 Å². The number of carbonyl (C=O) groups excluding carboxylic acids is 1. The number of amides is 1. The summed E-state index contributed by atoms with van der Waals surface area (Å²) in [4.78, 5) is 18.1. The van der Waals surface area contributed by atoms with Crippen LogP contribution in [0.5, 0.6) is 0 Å². The Morgan fingerprint density at radius 1 is 1.53 bits per heavy atom. The predicted octanol–water partition coefficient (Wildman–Crippen LogP) is 0.778. The molecule has 0 aromatic carbocycles. The third-order valence-corrected chi connectivity index (χ3v) is 3.42. The van der Waals surface area contributed by atoms with Gasteiger partial charge in [-0.25, -0.2) is 4.98 Å². The van der Waals surface area contributed by atoms with Gasteiger partial charge in [0.25, 0.3) is 0 Å². The van der Waals surface area contributed by atoms with Crippen molar-refractivity contribution in [1.29, 1.82) is 0 Å². The average Bonchev–Trinajstić information content (AvgIpc) is 2.75. The van der Waals surface area contributed by atoms with Gasteiger partial charge in [-0.15, -0.1) is 11.3 Å². The molecule has 0 aliphatic rings. The van der Waals surface area contributed by atoms with Crippen molar-refractivity contribution in [3.05, 3.63) is 11.1 Å². The van der Waals surface area contributed by atoms with E-state index in [4.69, 9.17) is 15.2 Å². The molecule has 6 nitrogen and oxygen atoms in total. The van der Waals surface area contributed by atoms with Crippen LogP contribution in [0.3, 0.4) is 0 Å². The molecule has 19 heavy (non-hydrogen) atoms. The summed E-state index contributed by atoms with van der Waals surface area (Å²) in [5.41, 5.74) is 6.27. The highest BCUT2D eigenvalue weighted by Crippen LogP contribution is 2.13. The van der Waals surface area contributed by atoms with Gasteiger partial charge in [0.05, 0.1) is 31.4 Å². The molecule has 0 saturated heterocycles. The van der Waals surface area contributed by atoms with Crippen molar-refractivity contribution in [3.63, 3.8) is 0 Å². The van der Waals surface area contributed by atoms with Crippen LogP contribution in [-0.4, -0.2) is 55.8 Å². The molecule has 0 saturated carbocycles. The van der Waals surface area contributed by atoms with Crippen molar-refractivity contribution in [2.75, 3.05) is 39.7 Å². The number of hydrogen-bond donors (Lipinski definition) is 1. The van der Waals surface area contributed by atoms with Crippen molar-refractivity contribution in [2.45, 2.75) is 19.4 Å². The van der Waals surface area contributed by atoms with Crippen molar-refractivity contribution in [3.8, 4) is 0 Å². The standard InChI is InChI=1S/C12H21N3O3S/c1-9(7-18-3)15(4-5-17-2)11(16)6-10-8-19-12(13)14-10/h8-9H,4-7H2,1-3H3,(H2,13,14). The lowest BCUT2D eigenvalue weighted by atomic mass is 10.2. The van der Waals surface area contributed by atoms with Gasteiger partial charge in [-0.3, -0.25) is 4.79 Å². The summed E-state index contributed by atoms with van der Waals surface area (Å²) in [5.74, 6) is 0.00639. The van der Waals surface area contributed by atoms with Gasteiger partial charge < -0.3 is 20.1 Å². The minimum absolute atomic E-state index is 0.00336. The largest absolute Gasteiger partial charge is 0.383 e. The van der Waals surface area contributed by atoms with E-state index in [-0.39, 0.29) is 18.4 Å². The molecule has 1 amide bonds. The van der Waals surface area contributed by atoms with Crippen molar-refractivity contribution in [2.24, 2.45) is 0 Å². The van der Waals surface area contributed by atoms with E-state index in [1.165, 1.54) is 11.3 Å². The molecular formula is C12H21N3O3S. The summed E-state index contributed by atoms with van der Waals surface area (Å²) in [7, 11) is 3.24. The SMILES string of the molecule is COCCN(C(=O)Cc1csc(N)n1)C(C)COC. The molecule has 0 radical (unpaired) electrons. The number of carbonyl (C=O) groups is 1. The van der Waals surface area contributed by atoms with E-state index in [9.17, 15) is 4.79 Å².